The van der Waals surface area contributed by atoms with Crippen molar-refractivity contribution in [2.45, 2.75) is 57.7 Å². The second-order valence-corrected chi connectivity index (χ2v) is 12.6. The van der Waals surface area contributed by atoms with E-state index in [4.69, 9.17) is 17.3 Å². The first-order valence-corrected chi connectivity index (χ1v) is 15.5. The normalized spacial score (nSPS) is 18.8. The van der Waals surface area contributed by atoms with E-state index in [0.717, 1.165) is 51.1 Å². The molecule has 0 unspecified atom stereocenters. The van der Waals surface area contributed by atoms with Gasteiger partial charge in [-0.05, 0) is 61.2 Å². The van der Waals surface area contributed by atoms with Crippen molar-refractivity contribution < 1.29 is 14.0 Å². The first-order valence-electron chi connectivity index (χ1n) is 15.1. The van der Waals surface area contributed by atoms with Crippen LogP contribution in [-0.4, -0.2) is 96.6 Å². The maximum absolute atomic E-state index is 13.9. The van der Waals surface area contributed by atoms with Crippen molar-refractivity contribution in [1.29, 1.82) is 0 Å². The molecule has 2 aromatic rings. The van der Waals surface area contributed by atoms with Crippen LogP contribution < -0.4 is 11.1 Å². The highest BCUT2D eigenvalue weighted by Crippen LogP contribution is 2.23. The number of hydrogen-bond donors (Lipinski definition) is 2. The molecule has 0 aromatic heterocycles. The van der Waals surface area contributed by atoms with Crippen LogP contribution in [0.5, 0.6) is 0 Å². The third-order valence-corrected chi connectivity index (χ3v) is 8.53. The molecule has 10 heteroatoms. The number of likely N-dealkylation sites (tertiary alicyclic amines) is 1. The van der Waals surface area contributed by atoms with Crippen LogP contribution >= 0.6 is 11.6 Å². The lowest BCUT2D eigenvalue weighted by Crippen LogP contribution is -2.60. The van der Waals surface area contributed by atoms with Gasteiger partial charge in [0.1, 0.15) is 11.9 Å². The summed E-state index contributed by atoms with van der Waals surface area (Å²) in [6, 6.07) is 12.2. The topological polar surface area (TPSA) is 85.1 Å². The van der Waals surface area contributed by atoms with Gasteiger partial charge in [-0.15, -0.1) is 0 Å². The highest BCUT2D eigenvalue weighted by molar-refractivity contribution is 6.30. The number of nitrogens with one attached hydrogen (secondary N) is 1. The molecule has 0 aliphatic carbocycles. The Bertz CT molecular complexity index is 1150. The molecule has 0 bridgehead atoms. The zero-order valence-corrected chi connectivity index (χ0v) is 25.9. The summed E-state index contributed by atoms with van der Waals surface area (Å²) in [7, 11) is 2.17. The molecular formula is C32H46ClFN6O2. The summed E-state index contributed by atoms with van der Waals surface area (Å²) < 4.78 is 13.3. The summed E-state index contributed by atoms with van der Waals surface area (Å²) in [5.74, 6) is -0.206. The smallest absolute Gasteiger partial charge is 0.245 e. The molecule has 2 amide bonds. The van der Waals surface area contributed by atoms with Crippen LogP contribution in [0.15, 0.2) is 48.5 Å². The molecule has 8 nitrogen and oxygen atoms in total. The zero-order valence-electron chi connectivity index (χ0n) is 25.1. The second-order valence-electron chi connectivity index (χ2n) is 12.1. The van der Waals surface area contributed by atoms with Gasteiger partial charge in [-0.3, -0.25) is 9.59 Å². The van der Waals surface area contributed by atoms with Crippen molar-refractivity contribution >= 4 is 23.4 Å². The van der Waals surface area contributed by atoms with Gasteiger partial charge in [0.25, 0.3) is 0 Å². The maximum atomic E-state index is 13.9. The summed E-state index contributed by atoms with van der Waals surface area (Å²) in [6.45, 7) is 11.0. The van der Waals surface area contributed by atoms with E-state index in [1.54, 1.807) is 24.3 Å². The highest BCUT2D eigenvalue weighted by atomic mass is 35.5. The van der Waals surface area contributed by atoms with Crippen LogP contribution in [-0.2, 0) is 16.0 Å². The number of carbonyl (C=O) groups is 2. The Hall–Kier alpha value is -2.56. The monoisotopic (exact) mass is 600 g/mol. The molecule has 3 N–H and O–H groups in total. The van der Waals surface area contributed by atoms with E-state index in [0.29, 0.717) is 42.1 Å². The lowest BCUT2D eigenvalue weighted by molar-refractivity contribution is -0.140. The van der Waals surface area contributed by atoms with E-state index in [1.807, 2.05) is 17.0 Å². The predicted octanol–water partition coefficient (Wildman–Crippen LogP) is 3.71. The number of amides is 2. The van der Waals surface area contributed by atoms with Crippen LogP contribution in [0.2, 0.25) is 5.02 Å². The Labute approximate surface area is 254 Å². The average Bonchev–Trinajstić information content (AvgIpc) is 2.97. The predicted molar refractivity (Wildman–Crippen MR) is 165 cm³/mol. The third kappa shape index (κ3) is 9.22. The number of rotatable bonds is 11. The maximum Gasteiger partial charge on any atom is 0.245 e. The van der Waals surface area contributed by atoms with Crippen LogP contribution in [0.3, 0.4) is 0 Å². The van der Waals surface area contributed by atoms with Gasteiger partial charge in [0.05, 0.1) is 0 Å². The molecule has 0 radical (unpaired) electrons. The number of benzene rings is 2. The molecule has 230 valence electrons. The molecule has 2 aliphatic rings. The number of piperazine rings is 1. The minimum atomic E-state index is -0.722. The Kier molecular flexibility index (Phi) is 11.7. The number of hydrogen-bond acceptors (Lipinski definition) is 6. The van der Waals surface area contributed by atoms with E-state index in [1.165, 1.54) is 12.1 Å². The van der Waals surface area contributed by atoms with Gasteiger partial charge in [-0.2, -0.15) is 0 Å². The number of likely N-dealkylation sites (N-methyl/N-ethyl adjacent to an activating group) is 1. The van der Waals surface area contributed by atoms with Gasteiger partial charge in [-0.1, -0.05) is 49.7 Å². The van der Waals surface area contributed by atoms with Gasteiger partial charge >= 0.3 is 0 Å². The fourth-order valence-electron chi connectivity index (χ4n) is 5.86. The van der Waals surface area contributed by atoms with Crippen LogP contribution in [0.25, 0.3) is 0 Å². The quantitative estimate of drug-likeness (QED) is 0.409. The second kappa shape index (κ2) is 15.3. The molecule has 2 fully saturated rings. The standard InChI is InChI=1S/C32H46ClFN6O2/c1-23(2)22-40(39-18-16-37(3)17-19-39)28-12-14-38(15-13-28)32(42)30(20-24-4-8-26(33)9-5-24)36-31(41)21-29(35)25-6-10-27(34)11-7-25/h4-11,23,28-30H,12-22,35H2,1-3H3,(H,36,41)/t29-,30-/m1/s1. The molecule has 2 aromatic carbocycles. The molecule has 2 saturated heterocycles. The highest BCUT2D eigenvalue weighted by Gasteiger charge is 2.34. The van der Waals surface area contributed by atoms with Gasteiger partial charge in [-0.25, -0.2) is 14.4 Å². The van der Waals surface area contributed by atoms with Crippen molar-refractivity contribution in [1.82, 2.24) is 25.1 Å². The molecule has 42 heavy (non-hydrogen) atoms. The van der Waals surface area contributed by atoms with Crippen LogP contribution in [0, 0.1) is 11.7 Å². The largest absolute Gasteiger partial charge is 0.344 e. The fourth-order valence-corrected chi connectivity index (χ4v) is 5.99. The van der Waals surface area contributed by atoms with E-state index >= 15 is 0 Å². The van der Waals surface area contributed by atoms with E-state index in [9.17, 15) is 14.0 Å². The van der Waals surface area contributed by atoms with Crippen molar-refractivity contribution in [3.05, 3.63) is 70.5 Å². The molecule has 2 aliphatic heterocycles. The minimum Gasteiger partial charge on any atom is -0.344 e. The molecule has 0 spiro atoms. The van der Waals surface area contributed by atoms with Crippen LogP contribution in [0.4, 0.5) is 4.39 Å². The van der Waals surface area contributed by atoms with Crippen molar-refractivity contribution in [2.75, 3.05) is 52.9 Å². The Morgan fingerprint density at radius 3 is 2.21 bits per heavy atom. The van der Waals surface area contributed by atoms with Gasteiger partial charge < -0.3 is 20.9 Å². The lowest BCUT2D eigenvalue weighted by Gasteiger charge is -2.47. The summed E-state index contributed by atoms with van der Waals surface area (Å²) in [5.41, 5.74) is 7.83. The summed E-state index contributed by atoms with van der Waals surface area (Å²) in [6.07, 6.45) is 2.13. The molecular weight excluding hydrogens is 555 g/mol. The van der Waals surface area contributed by atoms with Crippen molar-refractivity contribution in [3.63, 3.8) is 0 Å². The van der Waals surface area contributed by atoms with Crippen LogP contribution in [0.1, 0.15) is 50.3 Å². The lowest BCUT2D eigenvalue weighted by atomic mass is 9.99. The number of nitrogens with zero attached hydrogens (tertiary/aromatic N) is 4. The van der Waals surface area contributed by atoms with E-state index in [-0.39, 0.29) is 24.1 Å². The summed E-state index contributed by atoms with van der Waals surface area (Å²) >= 11 is 6.08. The number of nitrogens with two attached hydrogens (primary N) is 1. The summed E-state index contributed by atoms with van der Waals surface area (Å²) in [4.78, 5) is 31.2. The summed E-state index contributed by atoms with van der Waals surface area (Å²) in [5, 5.41) is 8.65. The van der Waals surface area contributed by atoms with Gasteiger partial charge in [0.2, 0.25) is 11.8 Å². The first-order chi connectivity index (χ1) is 20.1. The molecule has 2 heterocycles. The average molecular weight is 601 g/mol. The number of piperidine rings is 1. The van der Waals surface area contributed by atoms with Crippen molar-refractivity contribution in [2.24, 2.45) is 11.7 Å². The SMILES string of the molecule is CC(C)CN(C1CCN(C(=O)[C@@H](Cc2ccc(Cl)cc2)NC(=O)C[C@@H](N)c2ccc(F)cc2)CC1)N1CCN(C)CC1. The minimum absolute atomic E-state index is 0.00666. The molecule has 2 atom stereocenters. The van der Waals surface area contributed by atoms with E-state index in [2.05, 4.69) is 41.1 Å². The van der Waals surface area contributed by atoms with E-state index < -0.39 is 12.1 Å². The van der Waals surface area contributed by atoms with Gasteiger partial charge in [0, 0.05) is 75.8 Å². The van der Waals surface area contributed by atoms with Gasteiger partial charge in [0.15, 0.2) is 0 Å². The number of carbonyl (C=O) groups excluding carboxylic acids is 2. The van der Waals surface area contributed by atoms with Crippen molar-refractivity contribution in [3.8, 4) is 0 Å². The zero-order chi connectivity index (χ0) is 30.2. The number of hydrazine groups is 1. The Morgan fingerprint density at radius 1 is 1.00 bits per heavy atom. The number of halogens is 2. The third-order valence-electron chi connectivity index (χ3n) is 8.28. The Balaban J connectivity index is 1.41. The first kappa shape index (κ1) is 32.4. The fraction of sp³-hybridized carbons (Fsp3) is 0.562. The molecule has 4 rings (SSSR count). The Morgan fingerprint density at radius 2 is 1.62 bits per heavy atom. The molecule has 0 saturated carbocycles.